The van der Waals surface area contributed by atoms with Crippen LogP contribution in [0.15, 0.2) is 78.9 Å². The maximum atomic E-state index is 12.5. The lowest BCUT2D eigenvalue weighted by molar-refractivity contribution is -0.123. The zero-order valence-electron chi connectivity index (χ0n) is 19.7. The van der Waals surface area contributed by atoms with E-state index in [9.17, 15) is 9.59 Å². The van der Waals surface area contributed by atoms with Gasteiger partial charge >= 0.3 is 0 Å². The molecule has 7 nitrogen and oxygen atoms in total. The van der Waals surface area contributed by atoms with E-state index in [2.05, 4.69) is 30.0 Å². The summed E-state index contributed by atoms with van der Waals surface area (Å²) in [6.45, 7) is 4.50. The minimum absolute atomic E-state index is 0.0416. The number of carbonyl (C=O) groups is 2. The molecule has 0 aliphatic carbocycles. The Kier molecular flexibility index (Phi) is 9.62. The molecule has 0 saturated heterocycles. The standard InChI is InChI=1S/C27H29N3O4S/c1-19(2)21-11-13-23(14-12-21)34-18-25(31)29-30-27(35)28-26(32)22-9-6-10-24(17-22)33-16-15-20-7-4-3-5-8-20/h3-14,17,19H,15-16,18H2,1-2H3,(H,29,31)(H2,28,30,32,35). The molecule has 3 aromatic rings. The molecule has 0 aliphatic heterocycles. The predicted molar refractivity (Wildman–Crippen MR) is 139 cm³/mol. The van der Waals surface area contributed by atoms with Crippen molar-refractivity contribution in [1.29, 1.82) is 0 Å². The summed E-state index contributed by atoms with van der Waals surface area (Å²) in [5, 5.41) is 2.48. The number of amides is 2. The Morgan fingerprint density at radius 2 is 1.60 bits per heavy atom. The summed E-state index contributed by atoms with van der Waals surface area (Å²) >= 11 is 5.09. The van der Waals surface area contributed by atoms with Crippen LogP contribution in [-0.2, 0) is 11.2 Å². The van der Waals surface area contributed by atoms with Gasteiger partial charge in [-0.1, -0.05) is 62.4 Å². The number of nitrogens with one attached hydrogen (secondary N) is 3. The molecular weight excluding hydrogens is 462 g/mol. The molecule has 182 valence electrons. The number of ether oxygens (including phenoxy) is 2. The molecule has 0 aliphatic rings. The molecule has 0 spiro atoms. The number of rotatable bonds is 9. The van der Waals surface area contributed by atoms with Gasteiger partial charge in [0, 0.05) is 12.0 Å². The molecule has 0 radical (unpaired) electrons. The molecule has 0 bridgehead atoms. The van der Waals surface area contributed by atoms with Crippen molar-refractivity contribution in [3.8, 4) is 11.5 Å². The summed E-state index contributed by atoms with van der Waals surface area (Å²) in [6, 6.07) is 24.4. The summed E-state index contributed by atoms with van der Waals surface area (Å²) in [5.74, 6) is 0.725. The van der Waals surface area contributed by atoms with Crippen molar-refractivity contribution < 1.29 is 19.1 Å². The molecule has 35 heavy (non-hydrogen) atoms. The van der Waals surface area contributed by atoms with E-state index in [0.717, 1.165) is 6.42 Å². The Hall–Kier alpha value is -3.91. The Morgan fingerprint density at radius 3 is 2.31 bits per heavy atom. The van der Waals surface area contributed by atoms with Crippen molar-refractivity contribution in [2.75, 3.05) is 13.2 Å². The van der Waals surface area contributed by atoms with Crippen LogP contribution in [0.1, 0.15) is 41.3 Å². The molecule has 8 heteroatoms. The Labute approximate surface area is 210 Å². The minimum Gasteiger partial charge on any atom is -0.493 e. The monoisotopic (exact) mass is 491 g/mol. The third kappa shape index (κ3) is 8.75. The van der Waals surface area contributed by atoms with Crippen LogP contribution in [0.25, 0.3) is 0 Å². The molecular formula is C27H29N3O4S. The second-order valence-electron chi connectivity index (χ2n) is 8.08. The van der Waals surface area contributed by atoms with Gasteiger partial charge in [0.05, 0.1) is 6.61 Å². The van der Waals surface area contributed by atoms with Crippen LogP contribution in [0.5, 0.6) is 11.5 Å². The second kappa shape index (κ2) is 13.1. The molecule has 3 rings (SSSR count). The van der Waals surface area contributed by atoms with Gasteiger partial charge in [0.1, 0.15) is 11.5 Å². The van der Waals surface area contributed by atoms with Gasteiger partial charge in [-0.15, -0.1) is 0 Å². The lowest BCUT2D eigenvalue weighted by Gasteiger charge is -2.12. The molecule has 0 atom stereocenters. The summed E-state index contributed by atoms with van der Waals surface area (Å²) in [7, 11) is 0. The Bertz CT molecular complexity index is 1130. The number of hydrogen-bond donors (Lipinski definition) is 3. The zero-order chi connectivity index (χ0) is 25.0. The maximum Gasteiger partial charge on any atom is 0.276 e. The van der Waals surface area contributed by atoms with Crippen LogP contribution in [0, 0.1) is 0 Å². The Balaban J connectivity index is 1.38. The van der Waals surface area contributed by atoms with Gasteiger partial charge < -0.3 is 9.47 Å². The van der Waals surface area contributed by atoms with E-state index in [-0.39, 0.29) is 11.7 Å². The zero-order valence-corrected chi connectivity index (χ0v) is 20.6. The smallest absolute Gasteiger partial charge is 0.276 e. The van der Waals surface area contributed by atoms with Crippen LogP contribution in [0.4, 0.5) is 0 Å². The summed E-state index contributed by atoms with van der Waals surface area (Å²) in [6.07, 6.45) is 0.762. The Morgan fingerprint density at radius 1 is 0.857 bits per heavy atom. The molecule has 0 unspecified atom stereocenters. The van der Waals surface area contributed by atoms with Gasteiger partial charge in [0.2, 0.25) is 0 Å². The van der Waals surface area contributed by atoms with Gasteiger partial charge in [-0.3, -0.25) is 25.8 Å². The van der Waals surface area contributed by atoms with Gasteiger partial charge in [-0.25, -0.2) is 0 Å². The van der Waals surface area contributed by atoms with Crippen molar-refractivity contribution in [1.82, 2.24) is 16.2 Å². The fraction of sp³-hybridized carbons (Fsp3) is 0.222. The molecule has 2 amide bonds. The lowest BCUT2D eigenvalue weighted by atomic mass is 10.0. The first-order valence-corrected chi connectivity index (χ1v) is 11.7. The molecule has 0 aromatic heterocycles. The van der Waals surface area contributed by atoms with Crippen molar-refractivity contribution in [2.24, 2.45) is 0 Å². The SMILES string of the molecule is CC(C)c1ccc(OCC(=O)NNC(=S)NC(=O)c2cccc(OCCc3ccccc3)c2)cc1. The van der Waals surface area contributed by atoms with Crippen LogP contribution in [0.3, 0.4) is 0 Å². The van der Waals surface area contributed by atoms with Crippen molar-refractivity contribution in [2.45, 2.75) is 26.2 Å². The average Bonchev–Trinajstić information content (AvgIpc) is 2.87. The first-order chi connectivity index (χ1) is 16.9. The normalized spacial score (nSPS) is 10.4. The topological polar surface area (TPSA) is 88.7 Å². The molecule has 3 aromatic carbocycles. The largest absolute Gasteiger partial charge is 0.493 e. The third-order valence-corrected chi connectivity index (χ3v) is 5.26. The van der Waals surface area contributed by atoms with Crippen molar-refractivity contribution in [3.05, 3.63) is 95.6 Å². The van der Waals surface area contributed by atoms with E-state index >= 15 is 0 Å². The van der Waals surface area contributed by atoms with Crippen LogP contribution in [0.2, 0.25) is 0 Å². The van der Waals surface area contributed by atoms with Crippen molar-refractivity contribution >= 4 is 29.1 Å². The maximum absolute atomic E-state index is 12.5. The lowest BCUT2D eigenvalue weighted by Crippen LogP contribution is -2.49. The predicted octanol–water partition coefficient (Wildman–Crippen LogP) is 4.15. The molecule has 3 N–H and O–H groups in total. The van der Waals surface area contributed by atoms with E-state index in [1.165, 1.54) is 11.1 Å². The number of carbonyl (C=O) groups excluding carboxylic acids is 2. The summed E-state index contributed by atoms with van der Waals surface area (Å²) < 4.78 is 11.2. The number of hydrogen-bond acceptors (Lipinski definition) is 5. The number of benzene rings is 3. The summed E-state index contributed by atoms with van der Waals surface area (Å²) in [5.41, 5.74) is 7.64. The van der Waals surface area contributed by atoms with Crippen molar-refractivity contribution in [3.63, 3.8) is 0 Å². The van der Waals surface area contributed by atoms with E-state index < -0.39 is 11.8 Å². The fourth-order valence-electron chi connectivity index (χ4n) is 3.13. The van der Waals surface area contributed by atoms with E-state index in [0.29, 0.717) is 29.6 Å². The number of hydrazine groups is 1. The average molecular weight is 492 g/mol. The highest BCUT2D eigenvalue weighted by molar-refractivity contribution is 7.80. The molecule has 0 heterocycles. The van der Waals surface area contributed by atoms with E-state index in [4.69, 9.17) is 21.7 Å². The van der Waals surface area contributed by atoms with Gasteiger partial charge in [0.15, 0.2) is 11.7 Å². The highest BCUT2D eigenvalue weighted by atomic mass is 32.1. The quantitative estimate of drug-likeness (QED) is 0.308. The van der Waals surface area contributed by atoms with Crippen LogP contribution < -0.4 is 25.6 Å². The molecule has 0 saturated carbocycles. The van der Waals surface area contributed by atoms with Gasteiger partial charge in [0.25, 0.3) is 11.8 Å². The fourth-order valence-corrected chi connectivity index (χ4v) is 3.27. The van der Waals surface area contributed by atoms with Gasteiger partial charge in [-0.2, -0.15) is 0 Å². The van der Waals surface area contributed by atoms with Gasteiger partial charge in [-0.05, 0) is 59.6 Å². The second-order valence-corrected chi connectivity index (χ2v) is 8.49. The minimum atomic E-state index is -0.441. The van der Waals surface area contributed by atoms with Crippen LogP contribution in [-0.4, -0.2) is 30.1 Å². The first-order valence-electron chi connectivity index (χ1n) is 11.3. The highest BCUT2D eigenvalue weighted by Crippen LogP contribution is 2.18. The summed E-state index contributed by atoms with van der Waals surface area (Å²) in [4.78, 5) is 24.5. The third-order valence-electron chi connectivity index (χ3n) is 5.06. The number of thiocarbonyl (C=S) groups is 1. The highest BCUT2D eigenvalue weighted by Gasteiger charge is 2.10. The first kappa shape index (κ1) is 25.7. The molecule has 0 fully saturated rings. The van der Waals surface area contributed by atoms with E-state index in [1.54, 1.807) is 24.3 Å². The van der Waals surface area contributed by atoms with Crippen LogP contribution >= 0.6 is 12.2 Å². The van der Waals surface area contributed by atoms with E-state index in [1.807, 2.05) is 54.6 Å².